The zero-order valence-corrected chi connectivity index (χ0v) is 12.1. The lowest BCUT2D eigenvalue weighted by Gasteiger charge is -2.24. The van der Waals surface area contributed by atoms with E-state index in [9.17, 15) is 9.18 Å². The van der Waals surface area contributed by atoms with E-state index >= 15 is 0 Å². The first kappa shape index (κ1) is 13.4. The molecular formula is C15H17FN2OS. The van der Waals surface area contributed by atoms with E-state index in [-0.39, 0.29) is 17.3 Å². The number of hydrogen-bond donors (Lipinski definition) is 2. The molecule has 3 nitrogen and oxygen atoms in total. The van der Waals surface area contributed by atoms with Crippen molar-refractivity contribution in [3.63, 3.8) is 0 Å². The smallest absolute Gasteiger partial charge is 0.263 e. The van der Waals surface area contributed by atoms with Gasteiger partial charge in [0.05, 0.1) is 5.69 Å². The molecule has 1 aliphatic carbocycles. The number of amides is 1. The highest BCUT2D eigenvalue weighted by Gasteiger charge is 2.31. The summed E-state index contributed by atoms with van der Waals surface area (Å²) in [5.74, 6) is -0.481. The molecular weight excluding hydrogens is 275 g/mol. The zero-order valence-electron chi connectivity index (χ0n) is 11.3. The summed E-state index contributed by atoms with van der Waals surface area (Å²) in [6.45, 7) is 2.07. The van der Waals surface area contributed by atoms with Crippen molar-refractivity contribution in [2.45, 2.75) is 38.1 Å². The van der Waals surface area contributed by atoms with Gasteiger partial charge in [0, 0.05) is 15.6 Å². The summed E-state index contributed by atoms with van der Waals surface area (Å²) in [5, 5.41) is 3.71. The molecule has 5 heteroatoms. The van der Waals surface area contributed by atoms with Gasteiger partial charge in [-0.25, -0.2) is 4.39 Å². The molecule has 0 unspecified atom stereocenters. The Morgan fingerprint density at radius 3 is 2.80 bits per heavy atom. The maximum atomic E-state index is 13.3. The molecule has 3 N–H and O–H groups in total. The first-order chi connectivity index (χ1) is 9.48. The number of thiophene rings is 1. The molecule has 20 heavy (non-hydrogen) atoms. The monoisotopic (exact) mass is 292 g/mol. The predicted molar refractivity (Wildman–Crippen MR) is 80.5 cm³/mol. The first-order valence-electron chi connectivity index (χ1n) is 6.79. The second-order valence-corrected chi connectivity index (χ2v) is 6.76. The van der Waals surface area contributed by atoms with E-state index in [4.69, 9.17) is 5.73 Å². The second-order valence-electron chi connectivity index (χ2n) is 5.71. The van der Waals surface area contributed by atoms with E-state index in [0.29, 0.717) is 16.0 Å². The number of nitrogens with one attached hydrogen (secondary N) is 1. The number of fused-ring (bicyclic) bond motifs is 1. The summed E-state index contributed by atoms with van der Waals surface area (Å²) >= 11 is 1.32. The minimum Gasteiger partial charge on any atom is -0.397 e. The number of carbonyl (C=O) groups is 1. The van der Waals surface area contributed by atoms with Gasteiger partial charge in [0.1, 0.15) is 10.7 Å². The largest absolute Gasteiger partial charge is 0.397 e. The normalized spacial score (nSPS) is 17.5. The third kappa shape index (κ3) is 2.26. The third-order valence-corrected chi connectivity index (χ3v) is 5.20. The number of benzene rings is 1. The van der Waals surface area contributed by atoms with Crippen LogP contribution in [0.15, 0.2) is 18.2 Å². The lowest BCUT2D eigenvalue weighted by atomic mass is 10.0. The predicted octanol–water partition coefficient (Wildman–Crippen LogP) is 3.69. The number of nitrogens with two attached hydrogens (primary N) is 1. The number of hydrogen-bond acceptors (Lipinski definition) is 3. The summed E-state index contributed by atoms with van der Waals surface area (Å²) in [6.07, 6.45) is 4.28. The molecule has 2 aromatic rings. The van der Waals surface area contributed by atoms with Gasteiger partial charge in [0.2, 0.25) is 0 Å². The molecule has 0 atom stereocenters. The maximum Gasteiger partial charge on any atom is 0.263 e. The molecule has 106 valence electrons. The van der Waals surface area contributed by atoms with Crippen molar-refractivity contribution in [2.24, 2.45) is 0 Å². The van der Waals surface area contributed by atoms with E-state index < -0.39 is 0 Å². The van der Waals surface area contributed by atoms with Crippen molar-refractivity contribution in [1.29, 1.82) is 0 Å². The van der Waals surface area contributed by atoms with Gasteiger partial charge in [-0.1, -0.05) is 12.8 Å². The van der Waals surface area contributed by atoms with Crippen LogP contribution >= 0.6 is 11.3 Å². The Balaban J connectivity index is 1.93. The van der Waals surface area contributed by atoms with Gasteiger partial charge in [-0.05, 0) is 38.0 Å². The fraction of sp³-hybridized carbons (Fsp3) is 0.400. The van der Waals surface area contributed by atoms with Crippen LogP contribution < -0.4 is 11.1 Å². The quantitative estimate of drug-likeness (QED) is 0.887. The summed E-state index contributed by atoms with van der Waals surface area (Å²) < 4.78 is 14.1. The van der Waals surface area contributed by atoms with E-state index in [2.05, 4.69) is 12.2 Å². The Hall–Kier alpha value is -1.62. The van der Waals surface area contributed by atoms with Gasteiger partial charge >= 0.3 is 0 Å². The van der Waals surface area contributed by atoms with Crippen LogP contribution in [0.2, 0.25) is 0 Å². The van der Waals surface area contributed by atoms with Gasteiger partial charge in [0.25, 0.3) is 5.91 Å². The van der Waals surface area contributed by atoms with Crippen LogP contribution in [0, 0.1) is 5.82 Å². The molecule has 0 saturated heterocycles. The lowest BCUT2D eigenvalue weighted by molar-refractivity contribution is 0.0913. The zero-order chi connectivity index (χ0) is 14.3. The topological polar surface area (TPSA) is 55.1 Å². The van der Waals surface area contributed by atoms with Gasteiger partial charge in [-0.2, -0.15) is 0 Å². The number of halogens is 1. The fourth-order valence-corrected chi connectivity index (χ4v) is 3.87. The van der Waals surface area contributed by atoms with Crippen LogP contribution in [0.5, 0.6) is 0 Å². The summed E-state index contributed by atoms with van der Waals surface area (Å²) in [4.78, 5) is 12.9. The van der Waals surface area contributed by atoms with Crippen molar-refractivity contribution < 1.29 is 9.18 Å². The first-order valence-corrected chi connectivity index (χ1v) is 7.60. The molecule has 0 bridgehead atoms. The molecule has 1 aliphatic rings. The summed E-state index contributed by atoms with van der Waals surface area (Å²) in [5.41, 5.74) is 6.25. The number of rotatable bonds is 2. The van der Waals surface area contributed by atoms with Crippen molar-refractivity contribution in [1.82, 2.24) is 5.32 Å². The SMILES string of the molecule is CC1(NC(=O)c2sc3ccc(F)cc3c2N)CCCC1. The third-order valence-electron chi connectivity index (χ3n) is 4.02. The summed E-state index contributed by atoms with van der Waals surface area (Å²) in [6, 6.07) is 4.44. The van der Waals surface area contributed by atoms with Gasteiger partial charge in [-0.15, -0.1) is 11.3 Å². The Morgan fingerprint density at radius 2 is 2.10 bits per heavy atom. The highest BCUT2D eigenvalue weighted by atomic mass is 32.1. The van der Waals surface area contributed by atoms with Gasteiger partial charge in [0.15, 0.2) is 0 Å². The fourth-order valence-electron chi connectivity index (χ4n) is 2.87. The van der Waals surface area contributed by atoms with Gasteiger partial charge in [-0.3, -0.25) is 4.79 Å². The van der Waals surface area contributed by atoms with Crippen LogP contribution in [0.25, 0.3) is 10.1 Å². The Labute approximate surface area is 121 Å². The molecule has 1 fully saturated rings. The molecule has 1 amide bonds. The molecule has 1 saturated carbocycles. The van der Waals surface area contributed by atoms with Crippen LogP contribution in [-0.4, -0.2) is 11.4 Å². The molecule has 0 spiro atoms. The van der Waals surface area contributed by atoms with Gasteiger partial charge < -0.3 is 11.1 Å². The van der Waals surface area contributed by atoms with Crippen molar-refractivity contribution >= 4 is 33.0 Å². The van der Waals surface area contributed by atoms with E-state index in [1.165, 1.54) is 23.5 Å². The lowest BCUT2D eigenvalue weighted by Crippen LogP contribution is -2.43. The van der Waals surface area contributed by atoms with Crippen LogP contribution in [0.3, 0.4) is 0 Å². The van der Waals surface area contributed by atoms with Crippen LogP contribution in [-0.2, 0) is 0 Å². The second kappa shape index (κ2) is 4.74. The van der Waals surface area contributed by atoms with E-state index in [1.54, 1.807) is 6.07 Å². The number of anilines is 1. The Bertz CT molecular complexity index is 674. The standard InChI is InChI=1S/C15H17FN2OS/c1-15(6-2-3-7-15)18-14(19)13-12(17)10-8-9(16)4-5-11(10)20-13/h4-5,8H,2-3,6-7,17H2,1H3,(H,18,19). The summed E-state index contributed by atoms with van der Waals surface area (Å²) in [7, 11) is 0. The average molecular weight is 292 g/mol. The molecule has 0 radical (unpaired) electrons. The number of carbonyl (C=O) groups excluding carboxylic acids is 1. The van der Waals surface area contributed by atoms with Crippen molar-refractivity contribution in [3.8, 4) is 0 Å². The molecule has 1 aromatic heterocycles. The highest BCUT2D eigenvalue weighted by Crippen LogP contribution is 2.35. The Morgan fingerprint density at radius 1 is 1.40 bits per heavy atom. The molecule has 1 aromatic carbocycles. The Kier molecular flexibility index (Phi) is 3.17. The van der Waals surface area contributed by atoms with Crippen LogP contribution in [0.4, 0.5) is 10.1 Å². The maximum absolute atomic E-state index is 13.3. The number of nitrogen functional groups attached to an aromatic ring is 1. The highest BCUT2D eigenvalue weighted by molar-refractivity contribution is 7.21. The minimum atomic E-state index is -0.336. The van der Waals surface area contributed by atoms with Crippen molar-refractivity contribution in [2.75, 3.05) is 5.73 Å². The molecule has 1 heterocycles. The molecule has 0 aliphatic heterocycles. The minimum absolute atomic E-state index is 0.134. The van der Waals surface area contributed by atoms with Crippen molar-refractivity contribution in [3.05, 3.63) is 28.9 Å². The average Bonchev–Trinajstić information content (AvgIpc) is 2.95. The van der Waals surface area contributed by atoms with E-state index in [1.807, 2.05) is 0 Å². The molecule has 3 rings (SSSR count). The van der Waals surface area contributed by atoms with Crippen LogP contribution in [0.1, 0.15) is 42.3 Å². The van der Waals surface area contributed by atoms with E-state index in [0.717, 1.165) is 30.4 Å².